The lowest BCUT2D eigenvalue weighted by Crippen LogP contribution is -2.44. The molecule has 84 valence electrons. The molecular weight excluding hydrogens is 178 g/mol. The molecule has 0 saturated heterocycles. The third kappa shape index (κ3) is 2.71. The summed E-state index contributed by atoms with van der Waals surface area (Å²) in [4.78, 5) is 11.3. The third-order valence-electron chi connectivity index (χ3n) is 3.12. The molecule has 2 atom stereocenters. The van der Waals surface area contributed by atoms with Crippen LogP contribution in [0.3, 0.4) is 0 Å². The molecule has 0 aliphatic rings. The van der Waals surface area contributed by atoms with Gasteiger partial charge in [-0.3, -0.25) is 4.79 Å². The standard InChI is InChI=1S/C11H23NO2/c1-5-9(4)11(7-12,10(13)14)6-8(2)3/h8-9H,5-7,12H2,1-4H3,(H,13,14). The van der Waals surface area contributed by atoms with Crippen molar-refractivity contribution in [2.75, 3.05) is 6.54 Å². The van der Waals surface area contributed by atoms with Crippen molar-refractivity contribution in [2.45, 2.75) is 40.5 Å². The van der Waals surface area contributed by atoms with Crippen LogP contribution >= 0.6 is 0 Å². The average molecular weight is 201 g/mol. The average Bonchev–Trinajstić information content (AvgIpc) is 2.12. The van der Waals surface area contributed by atoms with Gasteiger partial charge >= 0.3 is 5.97 Å². The smallest absolute Gasteiger partial charge is 0.311 e. The van der Waals surface area contributed by atoms with Crippen molar-refractivity contribution >= 4 is 5.97 Å². The summed E-state index contributed by atoms with van der Waals surface area (Å²) >= 11 is 0. The van der Waals surface area contributed by atoms with E-state index >= 15 is 0 Å². The highest BCUT2D eigenvalue weighted by molar-refractivity contribution is 5.75. The molecule has 14 heavy (non-hydrogen) atoms. The Bertz CT molecular complexity index is 192. The van der Waals surface area contributed by atoms with Gasteiger partial charge in [0.25, 0.3) is 0 Å². The van der Waals surface area contributed by atoms with E-state index in [2.05, 4.69) is 0 Å². The van der Waals surface area contributed by atoms with Crippen LogP contribution in [0.15, 0.2) is 0 Å². The third-order valence-corrected chi connectivity index (χ3v) is 3.12. The van der Waals surface area contributed by atoms with E-state index in [1.54, 1.807) is 0 Å². The zero-order valence-electron chi connectivity index (χ0n) is 9.71. The Labute approximate surface area is 86.7 Å². The van der Waals surface area contributed by atoms with Crippen molar-refractivity contribution in [1.29, 1.82) is 0 Å². The molecule has 2 unspecified atom stereocenters. The highest BCUT2D eigenvalue weighted by atomic mass is 16.4. The lowest BCUT2D eigenvalue weighted by atomic mass is 9.70. The van der Waals surface area contributed by atoms with E-state index in [4.69, 9.17) is 5.73 Å². The summed E-state index contributed by atoms with van der Waals surface area (Å²) in [6.07, 6.45) is 1.52. The predicted octanol–water partition coefficient (Wildman–Crippen LogP) is 2.11. The summed E-state index contributed by atoms with van der Waals surface area (Å²) in [5, 5.41) is 9.29. The molecule has 3 heteroatoms. The van der Waals surface area contributed by atoms with Gasteiger partial charge in [-0.15, -0.1) is 0 Å². The maximum atomic E-state index is 11.3. The zero-order valence-corrected chi connectivity index (χ0v) is 9.71. The van der Waals surface area contributed by atoms with E-state index in [0.717, 1.165) is 6.42 Å². The van der Waals surface area contributed by atoms with Crippen LogP contribution < -0.4 is 5.73 Å². The van der Waals surface area contributed by atoms with Gasteiger partial charge in [0.1, 0.15) is 0 Å². The van der Waals surface area contributed by atoms with E-state index in [9.17, 15) is 9.90 Å². The normalized spacial score (nSPS) is 17.9. The van der Waals surface area contributed by atoms with Gasteiger partial charge in [-0.05, 0) is 18.3 Å². The van der Waals surface area contributed by atoms with E-state index in [1.807, 2.05) is 27.7 Å². The quantitative estimate of drug-likeness (QED) is 0.691. The minimum absolute atomic E-state index is 0.132. The van der Waals surface area contributed by atoms with Crippen molar-refractivity contribution < 1.29 is 9.90 Å². The lowest BCUT2D eigenvalue weighted by Gasteiger charge is -2.35. The summed E-state index contributed by atoms with van der Waals surface area (Å²) in [6, 6.07) is 0. The summed E-state index contributed by atoms with van der Waals surface area (Å²) in [5.41, 5.74) is 4.92. The predicted molar refractivity (Wildman–Crippen MR) is 58.0 cm³/mol. The molecule has 0 rings (SSSR count). The van der Waals surface area contributed by atoms with E-state index in [-0.39, 0.29) is 12.5 Å². The van der Waals surface area contributed by atoms with Gasteiger partial charge in [0.2, 0.25) is 0 Å². The zero-order chi connectivity index (χ0) is 11.4. The summed E-state index contributed by atoms with van der Waals surface area (Å²) < 4.78 is 0. The molecule has 0 radical (unpaired) electrons. The first-order chi connectivity index (χ1) is 6.40. The highest BCUT2D eigenvalue weighted by Crippen LogP contribution is 2.36. The molecule has 0 heterocycles. The number of carboxylic acids is 1. The molecule has 0 aromatic heterocycles. The first-order valence-corrected chi connectivity index (χ1v) is 5.34. The number of carbonyl (C=O) groups is 1. The van der Waals surface area contributed by atoms with Crippen LogP contribution in [0.25, 0.3) is 0 Å². The number of hydrogen-bond donors (Lipinski definition) is 2. The second-order valence-electron chi connectivity index (χ2n) is 4.57. The molecule has 0 aromatic rings. The number of aliphatic carboxylic acids is 1. The summed E-state index contributed by atoms with van der Waals surface area (Å²) in [6.45, 7) is 8.29. The van der Waals surface area contributed by atoms with E-state index < -0.39 is 11.4 Å². The molecule has 0 aliphatic carbocycles. The van der Waals surface area contributed by atoms with Crippen LogP contribution in [0.4, 0.5) is 0 Å². The molecule has 0 fully saturated rings. The topological polar surface area (TPSA) is 63.3 Å². The maximum Gasteiger partial charge on any atom is 0.311 e. The Kier molecular flexibility index (Phi) is 5.13. The van der Waals surface area contributed by atoms with Gasteiger partial charge in [0.05, 0.1) is 5.41 Å². The van der Waals surface area contributed by atoms with Crippen LogP contribution in [0.1, 0.15) is 40.5 Å². The minimum atomic E-state index is -0.747. The number of carboxylic acid groups (broad SMARTS) is 1. The maximum absolute atomic E-state index is 11.3. The number of hydrogen-bond acceptors (Lipinski definition) is 2. The van der Waals surface area contributed by atoms with Gasteiger partial charge in [-0.25, -0.2) is 0 Å². The molecule has 0 amide bonds. The van der Waals surface area contributed by atoms with Gasteiger partial charge in [-0.2, -0.15) is 0 Å². The second-order valence-corrected chi connectivity index (χ2v) is 4.57. The Hall–Kier alpha value is -0.570. The first-order valence-electron chi connectivity index (χ1n) is 5.34. The highest BCUT2D eigenvalue weighted by Gasteiger charge is 2.41. The SMILES string of the molecule is CCC(C)C(CN)(CC(C)C)C(=O)O. The van der Waals surface area contributed by atoms with Crippen LogP contribution in [0, 0.1) is 17.3 Å². The number of rotatable bonds is 6. The van der Waals surface area contributed by atoms with Crippen LogP contribution in [-0.2, 0) is 4.79 Å². The van der Waals surface area contributed by atoms with Crippen molar-refractivity contribution in [3.63, 3.8) is 0 Å². The fourth-order valence-electron chi connectivity index (χ4n) is 1.99. The molecule has 0 bridgehead atoms. The van der Waals surface area contributed by atoms with Crippen LogP contribution in [-0.4, -0.2) is 17.6 Å². The van der Waals surface area contributed by atoms with Crippen molar-refractivity contribution in [3.05, 3.63) is 0 Å². The lowest BCUT2D eigenvalue weighted by molar-refractivity contribution is -0.153. The van der Waals surface area contributed by atoms with E-state index in [1.165, 1.54) is 0 Å². The largest absolute Gasteiger partial charge is 0.481 e. The second kappa shape index (κ2) is 5.35. The summed E-state index contributed by atoms with van der Waals surface area (Å²) in [5.74, 6) is -0.251. The van der Waals surface area contributed by atoms with Crippen molar-refractivity contribution in [2.24, 2.45) is 23.0 Å². The fourth-order valence-corrected chi connectivity index (χ4v) is 1.99. The van der Waals surface area contributed by atoms with Crippen LogP contribution in [0.5, 0.6) is 0 Å². The van der Waals surface area contributed by atoms with Gasteiger partial charge in [0.15, 0.2) is 0 Å². The van der Waals surface area contributed by atoms with Gasteiger partial charge in [-0.1, -0.05) is 34.1 Å². The Morgan fingerprint density at radius 3 is 2.14 bits per heavy atom. The van der Waals surface area contributed by atoms with Crippen molar-refractivity contribution in [1.82, 2.24) is 0 Å². The van der Waals surface area contributed by atoms with Gasteiger partial charge < -0.3 is 10.8 Å². The Morgan fingerprint density at radius 1 is 1.43 bits per heavy atom. The molecule has 0 aliphatic heterocycles. The van der Waals surface area contributed by atoms with Crippen molar-refractivity contribution in [3.8, 4) is 0 Å². The molecule has 3 N–H and O–H groups in total. The Morgan fingerprint density at radius 2 is 1.93 bits per heavy atom. The molecule has 0 spiro atoms. The Balaban J connectivity index is 4.87. The van der Waals surface area contributed by atoms with E-state index in [0.29, 0.717) is 12.3 Å². The molecule has 0 aromatic carbocycles. The minimum Gasteiger partial charge on any atom is -0.481 e. The molecule has 3 nitrogen and oxygen atoms in total. The van der Waals surface area contributed by atoms with Gasteiger partial charge in [0, 0.05) is 6.54 Å². The number of nitrogens with two attached hydrogens (primary N) is 1. The fraction of sp³-hybridized carbons (Fsp3) is 0.909. The molecular formula is C11H23NO2. The monoisotopic (exact) mass is 201 g/mol. The first kappa shape index (κ1) is 13.4. The molecule has 0 saturated carbocycles. The van der Waals surface area contributed by atoms with Crippen LogP contribution in [0.2, 0.25) is 0 Å². The summed E-state index contributed by atoms with van der Waals surface area (Å²) in [7, 11) is 0.